The fraction of sp³-hybridized carbons (Fsp3) is 0.529. The van der Waals surface area contributed by atoms with Gasteiger partial charge in [0, 0.05) is 25.3 Å². The molecule has 1 unspecified atom stereocenters. The standard InChI is InChI=1S/C17H23N3O2/c1-14-4-6-16(7-5-14)20(9-3-8-18)17(21)15(2)19-10-12-22-13-11-19/h4-7,15H,3,9-13H2,1-2H3. The number of hydrogen-bond acceptors (Lipinski definition) is 4. The first-order chi connectivity index (χ1) is 10.6. The molecule has 1 amide bonds. The Hall–Kier alpha value is -1.90. The molecular weight excluding hydrogens is 278 g/mol. The molecule has 5 heteroatoms. The van der Waals surface area contributed by atoms with Crippen LogP contribution in [0.1, 0.15) is 18.9 Å². The predicted octanol–water partition coefficient (Wildman–Crippen LogP) is 1.96. The lowest BCUT2D eigenvalue weighted by atomic mass is 10.1. The van der Waals surface area contributed by atoms with E-state index in [-0.39, 0.29) is 11.9 Å². The van der Waals surface area contributed by atoms with Crippen molar-refractivity contribution in [2.45, 2.75) is 26.3 Å². The molecule has 1 aromatic carbocycles. The summed E-state index contributed by atoms with van der Waals surface area (Å²) in [4.78, 5) is 16.7. The van der Waals surface area contributed by atoms with Crippen molar-refractivity contribution < 1.29 is 9.53 Å². The van der Waals surface area contributed by atoms with E-state index in [1.54, 1.807) is 4.90 Å². The van der Waals surface area contributed by atoms with Crippen LogP contribution in [0.5, 0.6) is 0 Å². The maximum absolute atomic E-state index is 12.9. The van der Waals surface area contributed by atoms with Gasteiger partial charge >= 0.3 is 0 Å². The van der Waals surface area contributed by atoms with Gasteiger partial charge in [0.2, 0.25) is 5.91 Å². The van der Waals surface area contributed by atoms with E-state index in [1.807, 2.05) is 38.1 Å². The first kappa shape index (κ1) is 16.5. The van der Waals surface area contributed by atoms with Crippen LogP contribution in [-0.2, 0) is 9.53 Å². The summed E-state index contributed by atoms with van der Waals surface area (Å²) in [6.45, 7) is 7.25. The summed E-state index contributed by atoms with van der Waals surface area (Å²) in [7, 11) is 0. The first-order valence-electron chi connectivity index (χ1n) is 7.70. The second kappa shape index (κ2) is 7.92. The smallest absolute Gasteiger partial charge is 0.244 e. The molecule has 118 valence electrons. The Morgan fingerprint density at radius 2 is 2.00 bits per heavy atom. The molecule has 22 heavy (non-hydrogen) atoms. The lowest BCUT2D eigenvalue weighted by Gasteiger charge is -2.34. The zero-order valence-electron chi connectivity index (χ0n) is 13.3. The Morgan fingerprint density at radius 3 is 2.59 bits per heavy atom. The molecule has 0 radical (unpaired) electrons. The van der Waals surface area contributed by atoms with Crippen molar-refractivity contribution in [2.75, 3.05) is 37.7 Å². The average Bonchev–Trinajstić information content (AvgIpc) is 2.56. The lowest BCUT2D eigenvalue weighted by Crippen LogP contribution is -2.51. The normalized spacial score (nSPS) is 16.8. The van der Waals surface area contributed by atoms with Crippen LogP contribution in [0.4, 0.5) is 5.69 Å². The van der Waals surface area contributed by atoms with Crippen molar-refractivity contribution in [3.63, 3.8) is 0 Å². The van der Waals surface area contributed by atoms with E-state index in [4.69, 9.17) is 10.00 Å². The predicted molar refractivity (Wildman–Crippen MR) is 85.6 cm³/mol. The number of morpholine rings is 1. The van der Waals surface area contributed by atoms with Crippen LogP contribution in [0.25, 0.3) is 0 Å². The zero-order chi connectivity index (χ0) is 15.9. The summed E-state index contributed by atoms with van der Waals surface area (Å²) < 4.78 is 5.34. The van der Waals surface area contributed by atoms with Crippen LogP contribution < -0.4 is 4.90 Å². The number of nitrogens with zero attached hydrogens (tertiary/aromatic N) is 3. The SMILES string of the molecule is Cc1ccc(N(CCC#N)C(=O)C(C)N2CCOCC2)cc1. The number of rotatable bonds is 5. The third kappa shape index (κ3) is 4.06. The highest BCUT2D eigenvalue weighted by molar-refractivity contribution is 5.97. The topological polar surface area (TPSA) is 56.6 Å². The number of aryl methyl sites for hydroxylation is 1. The van der Waals surface area contributed by atoms with Crippen LogP contribution >= 0.6 is 0 Å². The van der Waals surface area contributed by atoms with Crippen molar-refractivity contribution >= 4 is 11.6 Å². The van der Waals surface area contributed by atoms with Gasteiger partial charge < -0.3 is 9.64 Å². The molecule has 1 aliphatic heterocycles. The summed E-state index contributed by atoms with van der Waals surface area (Å²) >= 11 is 0. The summed E-state index contributed by atoms with van der Waals surface area (Å²) in [5.41, 5.74) is 2.00. The number of hydrogen-bond donors (Lipinski definition) is 0. The van der Waals surface area contributed by atoms with Crippen LogP contribution in [0.15, 0.2) is 24.3 Å². The lowest BCUT2D eigenvalue weighted by molar-refractivity contribution is -0.124. The number of carbonyl (C=O) groups excluding carboxylic acids is 1. The summed E-state index contributed by atoms with van der Waals surface area (Å²) in [5, 5.41) is 8.86. The van der Waals surface area contributed by atoms with Crippen molar-refractivity contribution in [2.24, 2.45) is 0 Å². The largest absolute Gasteiger partial charge is 0.379 e. The highest BCUT2D eigenvalue weighted by atomic mass is 16.5. The molecule has 1 heterocycles. The Balaban J connectivity index is 2.14. The monoisotopic (exact) mass is 301 g/mol. The summed E-state index contributed by atoms with van der Waals surface area (Å²) in [6, 6.07) is 9.78. The van der Waals surface area contributed by atoms with Crippen LogP contribution in [-0.4, -0.2) is 49.7 Å². The second-order valence-electron chi connectivity index (χ2n) is 5.56. The minimum Gasteiger partial charge on any atom is -0.379 e. The minimum absolute atomic E-state index is 0.0426. The molecule has 0 spiro atoms. The Labute approximate surface area is 132 Å². The van der Waals surface area contributed by atoms with E-state index < -0.39 is 0 Å². The van der Waals surface area contributed by atoms with E-state index in [0.29, 0.717) is 26.2 Å². The molecule has 0 aromatic heterocycles. The fourth-order valence-electron chi connectivity index (χ4n) is 2.60. The number of anilines is 1. The van der Waals surface area contributed by atoms with Crippen LogP contribution in [0.3, 0.4) is 0 Å². The summed E-state index contributed by atoms with van der Waals surface area (Å²) in [6.07, 6.45) is 0.329. The molecule has 0 aliphatic carbocycles. The van der Waals surface area contributed by atoms with Gasteiger partial charge in [0.25, 0.3) is 0 Å². The summed E-state index contributed by atoms with van der Waals surface area (Å²) in [5.74, 6) is 0.0426. The number of nitriles is 1. The molecule has 1 saturated heterocycles. The Bertz CT molecular complexity index is 530. The molecule has 1 aromatic rings. The average molecular weight is 301 g/mol. The number of amides is 1. The number of benzene rings is 1. The van der Waals surface area contributed by atoms with E-state index in [9.17, 15) is 4.79 Å². The van der Waals surface area contributed by atoms with Crippen molar-refractivity contribution in [3.8, 4) is 6.07 Å². The molecule has 5 nitrogen and oxygen atoms in total. The Kier molecular flexibility index (Phi) is 5.93. The van der Waals surface area contributed by atoms with Gasteiger partial charge in [-0.1, -0.05) is 17.7 Å². The van der Waals surface area contributed by atoms with Crippen molar-refractivity contribution in [1.82, 2.24) is 4.90 Å². The van der Waals surface area contributed by atoms with E-state index in [0.717, 1.165) is 24.3 Å². The minimum atomic E-state index is -0.205. The van der Waals surface area contributed by atoms with Gasteiger partial charge in [0.05, 0.1) is 31.7 Å². The third-order valence-corrected chi connectivity index (χ3v) is 4.01. The zero-order valence-corrected chi connectivity index (χ0v) is 13.3. The van der Waals surface area contributed by atoms with Gasteiger partial charge in [-0.25, -0.2) is 0 Å². The van der Waals surface area contributed by atoms with Gasteiger partial charge in [-0.15, -0.1) is 0 Å². The highest BCUT2D eigenvalue weighted by Crippen LogP contribution is 2.18. The van der Waals surface area contributed by atoms with Crippen LogP contribution in [0.2, 0.25) is 0 Å². The van der Waals surface area contributed by atoms with E-state index in [2.05, 4.69) is 11.0 Å². The Morgan fingerprint density at radius 1 is 1.36 bits per heavy atom. The quantitative estimate of drug-likeness (QED) is 0.834. The van der Waals surface area contributed by atoms with Gasteiger partial charge in [-0.05, 0) is 26.0 Å². The van der Waals surface area contributed by atoms with E-state index >= 15 is 0 Å². The molecule has 1 fully saturated rings. The number of carbonyl (C=O) groups is 1. The fourth-order valence-corrected chi connectivity index (χ4v) is 2.60. The van der Waals surface area contributed by atoms with Crippen molar-refractivity contribution in [3.05, 3.63) is 29.8 Å². The molecule has 0 bridgehead atoms. The van der Waals surface area contributed by atoms with Crippen LogP contribution in [0, 0.1) is 18.3 Å². The van der Waals surface area contributed by atoms with Gasteiger partial charge in [-0.3, -0.25) is 9.69 Å². The van der Waals surface area contributed by atoms with Gasteiger partial charge in [0.1, 0.15) is 0 Å². The molecule has 0 saturated carbocycles. The second-order valence-corrected chi connectivity index (χ2v) is 5.56. The first-order valence-corrected chi connectivity index (χ1v) is 7.70. The molecular formula is C17H23N3O2. The molecule has 2 rings (SSSR count). The molecule has 1 aliphatic rings. The third-order valence-electron chi connectivity index (χ3n) is 4.01. The van der Waals surface area contributed by atoms with E-state index in [1.165, 1.54) is 0 Å². The molecule has 0 N–H and O–H groups in total. The maximum atomic E-state index is 12.9. The van der Waals surface area contributed by atoms with Gasteiger partial charge in [0.15, 0.2) is 0 Å². The van der Waals surface area contributed by atoms with Gasteiger partial charge in [-0.2, -0.15) is 5.26 Å². The van der Waals surface area contributed by atoms with Crippen molar-refractivity contribution in [1.29, 1.82) is 5.26 Å². The number of ether oxygens (including phenoxy) is 1. The highest BCUT2D eigenvalue weighted by Gasteiger charge is 2.27. The maximum Gasteiger partial charge on any atom is 0.244 e. The molecule has 1 atom stereocenters.